The van der Waals surface area contributed by atoms with Gasteiger partial charge < -0.3 is 4.74 Å². The largest absolute Gasteiger partial charge is 0.457 e. The third kappa shape index (κ3) is 8.16. The van der Waals surface area contributed by atoms with Gasteiger partial charge in [-0.05, 0) is 127 Å². The summed E-state index contributed by atoms with van der Waals surface area (Å²) < 4.78 is 10.9. The second-order valence-electron chi connectivity index (χ2n) is 18.0. The first-order valence-corrected chi connectivity index (χ1v) is 19.6. The molecule has 0 amide bonds. The molecule has 54 heavy (non-hydrogen) atoms. The minimum Gasteiger partial charge on any atom is -0.457 e. The van der Waals surface area contributed by atoms with Crippen molar-refractivity contribution in [2.45, 2.75) is 101 Å². The number of hydrogen-bond acceptors (Lipinski definition) is 3. The van der Waals surface area contributed by atoms with Gasteiger partial charge in [-0.15, -0.1) is 0 Å². The van der Waals surface area contributed by atoms with Gasteiger partial charge in [0.2, 0.25) is 0 Å². The predicted molar refractivity (Wildman–Crippen MR) is 227 cm³/mol. The molecule has 0 fully saturated rings. The maximum Gasteiger partial charge on any atom is 0.137 e. The van der Waals surface area contributed by atoms with Crippen molar-refractivity contribution >= 4 is 21.8 Å². The fraction of sp³-hybridized carbons (Fsp3) is 0.347. The van der Waals surface area contributed by atoms with Crippen molar-refractivity contribution < 1.29 is 4.74 Å². The molecule has 0 bridgehead atoms. The molecule has 0 radical (unpaired) electrons. The number of aryl methyl sites for hydroxylation is 4. The number of para-hydroxylation sites is 1. The van der Waals surface area contributed by atoms with E-state index in [0.717, 1.165) is 65.3 Å². The zero-order valence-corrected chi connectivity index (χ0v) is 33.9. The van der Waals surface area contributed by atoms with Crippen LogP contribution in [0.4, 0.5) is 0 Å². The van der Waals surface area contributed by atoms with Crippen LogP contribution in [0.25, 0.3) is 44.4 Å². The van der Waals surface area contributed by atoms with Crippen molar-refractivity contribution in [1.29, 1.82) is 0 Å². The van der Waals surface area contributed by atoms with Gasteiger partial charge in [0, 0.05) is 40.9 Å². The summed E-state index contributed by atoms with van der Waals surface area (Å²) in [5.41, 5.74) is 12.7. The number of benzene rings is 4. The van der Waals surface area contributed by atoms with Crippen molar-refractivity contribution in [3.8, 4) is 34.1 Å². The van der Waals surface area contributed by atoms with E-state index in [1.165, 1.54) is 44.2 Å². The average Bonchev–Trinajstić information content (AvgIpc) is 3.72. The summed E-state index contributed by atoms with van der Waals surface area (Å²) in [6, 6.07) is 30.4. The minimum atomic E-state index is 0.256. The van der Waals surface area contributed by atoms with Crippen LogP contribution in [-0.2, 0) is 12.8 Å². The molecule has 0 aliphatic carbocycles. The third-order valence-corrected chi connectivity index (χ3v) is 10.5. The van der Waals surface area contributed by atoms with Gasteiger partial charge in [-0.2, -0.15) is 5.10 Å². The van der Waals surface area contributed by atoms with Gasteiger partial charge in [0.1, 0.15) is 17.3 Å². The molecule has 0 unspecified atom stereocenters. The van der Waals surface area contributed by atoms with Gasteiger partial charge in [-0.3, -0.25) is 4.57 Å². The van der Waals surface area contributed by atoms with Crippen molar-refractivity contribution in [3.05, 3.63) is 131 Å². The monoisotopic (exact) mass is 716 g/mol. The first-order chi connectivity index (χ1) is 25.6. The van der Waals surface area contributed by atoms with E-state index in [1.54, 1.807) is 0 Å². The molecule has 0 saturated heterocycles. The summed E-state index contributed by atoms with van der Waals surface area (Å²) in [6.07, 6.45) is 10.5. The topological polar surface area (TPSA) is 44.9 Å². The van der Waals surface area contributed by atoms with Gasteiger partial charge in [0.25, 0.3) is 0 Å². The fourth-order valence-corrected chi connectivity index (χ4v) is 7.55. The molecule has 278 valence electrons. The van der Waals surface area contributed by atoms with Crippen LogP contribution in [0.3, 0.4) is 0 Å². The predicted octanol–water partition coefficient (Wildman–Crippen LogP) is 13.5. The Kier molecular flexibility index (Phi) is 10.0. The standard InChI is InChI=1S/C49H56N4O/c1-32(2)35-19-22-50-46(27-35)53-44-14-12-11-13-42(44)43-16-15-40(29-45(43)53)54-41-26-34(4)25-39(28-41)52-31-38(30-51-52)47-36(17-20-48(5,6)7)23-33(3)24-37(47)18-21-49(8,9)10/h11-16,19,22-32H,17-18,20-21H2,1-10H3. The van der Waals surface area contributed by atoms with Gasteiger partial charge in [0.15, 0.2) is 0 Å². The SMILES string of the molecule is Cc1cc(Oc2ccc3c4ccccc4n(-c4cc(C(C)C)ccn4)c3c2)cc(-n2cc(-c3c(CCC(C)(C)C)cc(C)cc3CCC(C)(C)C)cn2)c1. The highest BCUT2D eigenvalue weighted by molar-refractivity contribution is 6.09. The molecule has 0 saturated carbocycles. The summed E-state index contributed by atoms with van der Waals surface area (Å²) >= 11 is 0. The van der Waals surface area contributed by atoms with Crippen LogP contribution < -0.4 is 4.74 Å². The number of pyridine rings is 1. The van der Waals surface area contributed by atoms with Crippen molar-refractivity contribution in [1.82, 2.24) is 19.3 Å². The number of aromatic nitrogens is 4. The lowest BCUT2D eigenvalue weighted by Crippen LogP contribution is -2.10. The van der Waals surface area contributed by atoms with Crippen molar-refractivity contribution in [3.63, 3.8) is 0 Å². The molecule has 3 heterocycles. The van der Waals surface area contributed by atoms with Crippen molar-refractivity contribution in [2.24, 2.45) is 10.8 Å². The highest BCUT2D eigenvalue weighted by atomic mass is 16.5. The van der Waals surface area contributed by atoms with E-state index >= 15 is 0 Å². The molecule has 0 atom stereocenters. The minimum absolute atomic E-state index is 0.256. The van der Waals surface area contributed by atoms with E-state index in [2.05, 4.69) is 165 Å². The molecule has 0 aliphatic heterocycles. The van der Waals surface area contributed by atoms with Crippen LogP contribution in [-0.4, -0.2) is 19.3 Å². The Labute approximate surface area is 322 Å². The Morgan fingerprint density at radius 1 is 0.685 bits per heavy atom. The molecule has 7 rings (SSSR count). The highest BCUT2D eigenvalue weighted by Crippen LogP contribution is 2.38. The average molecular weight is 717 g/mol. The fourth-order valence-electron chi connectivity index (χ4n) is 7.55. The zero-order valence-electron chi connectivity index (χ0n) is 33.9. The number of hydrogen-bond donors (Lipinski definition) is 0. The van der Waals surface area contributed by atoms with E-state index in [4.69, 9.17) is 14.8 Å². The molecular formula is C49H56N4O. The zero-order chi connectivity index (χ0) is 38.4. The van der Waals surface area contributed by atoms with Gasteiger partial charge in [-0.25, -0.2) is 9.67 Å². The van der Waals surface area contributed by atoms with Gasteiger partial charge >= 0.3 is 0 Å². The maximum atomic E-state index is 6.67. The van der Waals surface area contributed by atoms with Crippen LogP contribution in [0.5, 0.6) is 11.5 Å². The summed E-state index contributed by atoms with van der Waals surface area (Å²) in [7, 11) is 0. The van der Waals surface area contributed by atoms with Crippen LogP contribution in [0.1, 0.15) is 102 Å². The molecule has 0 aliphatic rings. The van der Waals surface area contributed by atoms with E-state index in [1.807, 2.05) is 17.1 Å². The Morgan fingerprint density at radius 3 is 2.04 bits per heavy atom. The van der Waals surface area contributed by atoms with E-state index in [-0.39, 0.29) is 10.8 Å². The van der Waals surface area contributed by atoms with Gasteiger partial charge in [0.05, 0.1) is 22.9 Å². The second-order valence-corrected chi connectivity index (χ2v) is 18.0. The van der Waals surface area contributed by atoms with Crippen LogP contribution >= 0.6 is 0 Å². The molecule has 3 aromatic heterocycles. The smallest absolute Gasteiger partial charge is 0.137 e. The van der Waals surface area contributed by atoms with Crippen LogP contribution in [0, 0.1) is 24.7 Å². The van der Waals surface area contributed by atoms with Crippen LogP contribution in [0.15, 0.2) is 104 Å². The van der Waals surface area contributed by atoms with Crippen LogP contribution in [0.2, 0.25) is 0 Å². The highest BCUT2D eigenvalue weighted by Gasteiger charge is 2.20. The molecule has 4 aromatic carbocycles. The molecular weight excluding hydrogens is 661 g/mol. The number of nitrogens with zero attached hydrogens (tertiary/aromatic N) is 4. The number of ether oxygens (including phenoxy) is 1. The lowest BCUT2D eigenvalue weighted by Gasteiger charge is -2.23. The van der Waals surface area contributed by atoms with Crippen molar-refractivity contribution in [2.75, 3.05) is 0 Å². The molecule has 5 heteroatoms. The lowest BCUT2D eigenvalue weighted by molar-refractivity contribution is 0.376. The van der Waals surface area contributed by atoms with Gasteiger partial charge in [-0.1, -0.05) is 91.3 Å². The normalized spacial score (nSPS) is 12.4. The Bertz CT molecular complexity index is 2410. The summed E-state index contributed by atoms with van der Waals surface area (Å²) in [5.74, 6) is 2.86. The molecule has 7 aromatic rings. The lowest BCUT2D eigenvalue weighted by atomic mass is 9.82. The summed E-state index contributed by atoms with van der Waals surface area (Å²) in [4.78, 5) is 4.83. The van der Waals surface area contributed by atoms with E-state index < -0.39 is 0 Å². The quantitative estimate of drug-likeness (QED) is 0.142. The van der Waals surface area contributed by atoms with E-state index in [0.29, 0.717) is 5.92 Å². The number of rotatable bonds is 10. The molecule has 0 N–H and O–H groups in total. The first kappa shape index (κ1) is 37.2. The molecule has 5 nitrogen and oxygen atoms in total. The summed E-state index contributed by atoms with van der Waals surface area (Å²) in [6.45, 7) is 22.8. The second kappa shape index (κ2) is 14.6. The first-order valence-electron chi connectivity index (χ1n) is 19.6. The Morgan fingerprint density at radius 2 is 1.35 bits per heavy atom. The summed E-state index contributed by atoms with van der Waals surface area (Å²) in [5, 5.41) is 7.32. The third-order valence-electron chi connectivity index (χ3n) is 10.5. The maximum absolute atomic E-state index is 6.67. The molecule has 0 spiro atoms. The van der Waals surface area contributed by atoms with E-state index in [9.17, 15) is 0 Å². The Balaban J connectivity index is 1.25. The Hall–Kier alpha value is -5.16. The number of fused-ring (bicyclic) bond motifs is 3.